The third kappa shape index (κ3) is 4.12. The van der Waals surface area contributed by atoms with Crippen molar-refractivity contribution in [3.63, 3.8) is 0 Å². The highest BCUT2D eigenvalue weighted by Gasteiger charge is 2.43. The number of carboxylic acids is 1. The molecule has 0 saturated carbocycles. The van der Waals surface area contributed by atoms with E-state index in [0.29, 0.717) is 6.07 Å². The van der Waals surface area contributed by atoms with Crippen LogP contribution in [0.4, 0.5) is 32.0 Å². The number of hydrogen-bond donors (Lipinski definition) is 2. The van der Waals surface area contributed by atoms with Crippen LogP contribution in [0.15, 0.2) is 18.2 Å². The van der Waals surface area contributed by atoms with E-state index in [9.17, 15) is 35.9 Å². The Labute approximate surface area is 119 Å². The molecule has 0 heterocycles. The average molecular weight is 329 g/mol. The second kappa shape index (κ2) is 5.85. The summed E-state index contributed by atoms with van der Waals surface area (Å²) in [4.78, 5) is 22.0. The molecule has 1 atom stereocenters. The molecular weight excluding hydrogens is 320 g/mol. The first-order chi connectivity index (χ1) is 9.84. The van der Waals surface area contributed by atoms with Gasteiger partial charge in [0.15, 0.2) is 0 Å². The van der Waals surface area contributed by atoms with Gasteiger partial charge in [-0.3, -0.25) is 9.59 Å². The van der Waals surface area contributed by atoms with Crippen LogP contribution in [0.25, 0.3) is 0 Å². The number of halogens is 6. The van der Waals surface area contributed by atoms with E-state index in [1.807, 2.05) is 5.32 Å². The first-order valence-electron chi connectivity index (χ1n) is 5.66. The van der Waals surface area contributed by atoms with Gasteiger partial charge in [0.25, 0.3) is 0 Å². The molecule has 10 heteroatoms. The first kappa shape index (κ1) is 17.8. The van der Waals surface area contributed by atoms with E-state index in [1.165, 1.54) is 0 Å². The van der Waals surface area contributed by atoms with Crippen LogP contribution >= 0.6 is 0 Å². The van der Waals surface area contributed by atoms with Gasteiger partial charge in [-0.2, -0.15) is 26.3 Å². The lowest BCUT2D eigenvalue weighted by Gasteiger charge is -2.17. The highest BCUT2D eigenvalue weighted by molar-refractivity contribution is 6.03. The Morgan fingerprint density at radius 1 is 1.05 bits per heavy atom. The summed E-state index contributed by atoms with van der Waals surface area (Å²) in [6, 6.07) is 0.893. The molecular formula is C12H9F6NO3. The second-order valence-electron chi connectivity index (χ2n) is 4.31. The third-order valence-electron chi connectivity index (χ3n) is 2.66. The molecule has 0 fully saturated rings. The van der Waals surface area contributed by atoms with E-state index in [4.69, 9.17) is 5.11 Å². The van der Waals surface area contributed by atoms with Gasteiger partial charge < -0.3 is 10.4 Å². The second-order valence-corrected chi connectivity index (χ2v) is 4.31. The summed E-state index contributed by atoms with van der Waals surface area (Å²) < 4.78 is 75.7. The summed E-state index contributed by atoms with van der Waals surface area (Å²) in [6.45, 7) is 0.979. The predicted octanol–water partition coefficient (Wildman–Crippen LogP) is 3.38. The number of amides is 1. The van der Waals surface area contributed by atoms with Crippen LogP contribution in [0.5, 0.6) is 0 Å². The maximum absolute atomic E-state index is 12.7. The molecule has 0 aliphatic carbocycles. The van der Waals surface area contributed by atoms with Gasteiger partial charge in [-0.1, -0.05) is 0 Å². The van der Waals surface area contributed by atoms with Crippen molar-refractivity contribution in [1.29, 1.82) is 0 Å². The van der Waals surface area contributed by atoms with Gasteiger partial charge >= 0.3 is 18.3 Å². The molecule has 0 bridgehead atoms. The highest BCUT2D eigenvalue weighted by Crippen LogP contribution is 2.41. The molecule has 0 aliphatic rings. The quantitative estimate of drug-likeness (QED) is 0.660. The number of alkyl halides is 6. The SMILES string of the molecule is CC(C(=O)O)C(=O)Nc1ccc(C(F)(F)F)c(C(F)(F)F)c1. The van der Waals surface area contributed by atoms with Crippen molar-refractivity contribution in [2.45, 2.75) is 19.3 Å². The molecule has 1 unspecified atom stereocenters. The topological polar surface area (TPSA) is 66.4 Å². The minimum Gasteiger partial charge on any atom is -0.481 e. The maximum atomic E-state index is 12.7. The number of carbonyl (C=O) groups is 2. The van der Waals surface area contributed by atoms with Crippen molar-refractivity contribution in [3.8, 4) is 0 Å². The molecule has 0 aliphatic heterocycles. The Hall–Kier alpha value is -2.26. The molecule has 0 saturated heterocycles. The van der Waals surface area contributed by atoms with Crippen LogP contribution in [-0.4, -0.2) is 17.0 Å². The molecule has 0 aromatic heterocycles. The summed E-state index contributed by atoms with van der Waals surface area (Å²) >= 11 is 0. The molecule has 1 aromatic carbocycles. The Bertz CT molecular complexity index is 594. The fraction of sp³-hybridized carbons (Fsp3) is 0.333. The zero-order valence-corrected chi connectivity index (χ0v) is 10.8. The van der Waals surface area contributed by atoms with Crippen molar-refractivity contribution < 1.29 is 41.0 Å². The number of carboxylic acid groups (broad SMARTS) is 1. The van der Waals surface area contributed by atoms with E-state index >= 15 is 0 Å². The normalized spacial score (nSPS) is 13.6. The zero-order chi connectivity index (χ0) is 17.3. The summed E-state index contributed by atoms with van der Waals surface area (Å²) in [5, 5.41) is 10.4. The van der Waals surface area contributed by atoms with Crippen LogP contribution in [0.2, 0.25) is 0 Å². The molecule has 22 heavy (non-hydrogen) atoms. The molecule has 1 rings (SSSR count). The molecule has 122 valence electrons. The van der Waals surface area contributed by atoms with Gasteiger partial charge in [0, 0.05) is 5.69 Å². The predicted molar refractivity (Wildman–Crippen MR) is 61.9 cm³/mol. The fourth-order valence-corrected chi connectivity index (χ4v) is 1.47. The van der Waals surface area contributed by atoms with E-state index in [0.717, 1.165) is 6.92 Å². The number of rotatable bonds is 3. The number of nitrogens with one attached hydrogen (secondary N) is 1. The zero-order valence-electron chi connectivity index (χ0n) is 10.8. The number of carbonyl (C=O) groups excluding carboxylic acids is 1. The van der Waals surface area contributed by atoms with E-state index in [-0.39, 0.29) is 12.1 Å². The van der Waals surface area contributed by atoms with Crippen LogP contribution in [0.3, 0.4) is 0 Å². The van der Waals surface area contributed by atoms with Crippen molar-refractivity contribution in [2.24, 2.45) is 5.92 Å². The Morgan fingerprint density at radius 2 is 1.55 bits per heavy atom. The van der Waals surface area contributed by atoms with Crippen LogP contribution < -0.4 is 5.32 Å². The summed E-state index contributed by atoms with van der Waals surface area (Å²) in [5.74, 6) is -4.25. The number of benzene rings is 1. The molecule has 0 radical (unpaired) electrons. The van der Waals surface area contributed by atoms with Crippen LogP contribution in [0.1, 0.15) is 18.1 Å². The van der Waals surface area contributed by atoms with Gasteiger partial charge in [0.05, 0.1) is 11.1 Å². The number of aliphatic carboxylic acids is 1. The van der Waals surface area contributed by atoms with Crippen molar-refractivity contribution in [3.05, 3.63) is 29.3 Å². The Morgan fingerprint density at radius 3 is 1.95 bits per heavy atom. The molecule has 2 N–H and O–H groups in total. The van der Waals surface area contributed by atoms with E-state index in [2.05, 4.69) is 0 Å². The lowest BCUT2D eigenvalue weighted by atomic mass is 10.0. The van der Waals surface area contributed by atoms with Crippen molar-refractivity contribution in [1.82, 2.24) is 0 Å². The van der Waals surface area contributed by atoms with Crippen LogP contribution in [-0.2, 0) is 21.9 Å². The number of anilines is 1. The average Bonchev–Trinajstić information content (AvgIpc) is 2.35. The van der Waals surface area contributed by atoms with Gasteiger partial charge in [-0.15, -0.1) is 0 Å². The van der Waals surface area contributed by atoms with Crippen LogP contribution in [0, 0.1) is 5.92 Å². The molecule has 1 amide bonds. The standard InChI is InChI=1S/C12H9F6NO3/c1-5(10(21)22)9(20)19-6-2-3-7(11(13,14)15)8(4-6)12(16,17)18/h2-5H,1H3,(H,19,20)(H,21,22). The lowest BCUT2D eigenvalue weighted by molar-refractivity contribution is -0.162. The van der Waals surface area contributed by atoms with E-state index in [1.54, 1.807) is 0 Å². The van der Waals surface area contributed by atoms with Crippen molar-refractivity contribution >= 4 is 17.6 Å². The van der Waals surface area contributed by atoms with Gasteiger partial charge in [-0.05, 0) is 25.1 Å². The molecule has 0 spiro atoms. The third-order valence-corrected chi connectivity index (χ3v) is 2.66. The maximum Gasteiger partial charge on any atom is 0.417 e. The van der Waals surface area contributed by atoms with Gasteiger partial charge in [0.2, 0.25) is 5.91 Å². The summed E-state index contributed by atoms with van der Waals surface area (Å²) in [6.07, 6.45) is -10.5. The van der Waals surface area contributed by atoms with E-state index < -0.39 is 47.0 Å². The molecule has 1 aromatic rings. The smallest absolute Gasteiger partial charge is 0.417 e. The first-order valence-corrected chi connectivity index (χ1v) is 5.66. The Balaban J connectivity index is 3.21. The van der Waals surface area contributed by atoms with Gasteiger partial charge in [-0.25, -0.2) is 0 Å². The monoisotopic (exact) mass is 329 g/mol. The number of hydrogen-bond acceptors (Lipinski definition) is 2. The highest BCUT2D eigenvalue weighted by atomic mass is 19.4. The fourth-order valence-electron chi connectivity index (χ4n) is 1.47. The largest absolute Gasteiger partial charge is 0.481 e. The lowest BCUT2D eigenvalue weighted by Crippen LogP contribution is -2.27. The van der Waals surface area contributed by atoms with Crippen molar-refractivity contribution in [2.75, 3.05) is 5.32 Å². The Kier molecular flexibility index (Phi) is 4.73. The minimum atomic E-state index is -5.29. The molecule has 4 nitrogen and oxygen atoms in total. The summed E-state index contributed by atoms with van der Waals surface area (Å²) in [7, 11) is 0. The summed E-state index contributed by atoms with van der Waals surface area (Å²) in [5.41, 5.74) is -4.46. The van der Waals surface area contributed by atoms with Gasteiger partial charge in [0.1, 0.15) is 5.92 Å². The minimum absolute atomic E-state index is 0.106.